The van der Waals surface area contributed by atoms with Gasteiger partial charge in [-0.25, -0.2) is 4.79 Å². The summed E-state index contributed by atoms with van der Waals surface area (Å²) in [5.74, 6) is 0.393. The molecule has 4 heteroatoms. The number of aromatic nitrogens is 1. The Bertz CT molecular complexity index is 597. The van der Waals surface area contributed by atoms with Crippen molar-refractivity contribution < 1.29 is 14.6 Å². The predicted molar refractivity (Wildman–Crippen MR) is 78.3 cm³/mol. The average Bonchev–Trinajstić information content (AvgIpc) is 2.79. The van der Waals surface area contributed by atoms with Crippen LogP contribution in [0.1, 0.15) is 29.9 Å². The van der Waals surface area contributed by atoms with Gasteiger partial charge in [0.15, 0.2) is 0 Å². The molecule has 20 heavy (non-hydrogen) atoms. The minimum Gasteiger partial charge on any atom is -0.493 e. The molecule has 0 amide bonds. The van der Waals surface area contributed by atoms with E-state index in [-0.39, 0.29) is 0 Å². The lowest BCUT2D eigenvalue weighted by molar-refractivity contribution is 0.0696. The Morgan fingerprint density at radius 3 is 2.45 bits per heavy atom. The Balaban J connectivity index is 2.17. The van der Waals surface area contributed by atoms with Gasteiger partial charge < -0.3 is 14.8 Å². The minimum absolute atomic E-state index is 0.306. The van der Waals surface area contributed by atoms with Crippen molar-refractivity contribution in [2.24, 2.45) is 5.92 Å². The lowest BCUT2D eigenvalue weighted by atomic mass is 10.1. The maximum Gasteiger partial charge on any atom is 0.337 e. The summed E-state index contributed by atoms with van der Waals surface area (Å²) in [7, 11) is 0. The molecule has 0 atom stereocenters. The normalized spacial score (nSPS) is 10.8. The van der Waals surface area contributed by atoms with Gasteiger partial charge in [0.1, 0.15) is 5.75 Å². The standard InChI is InChI=1S/C16H19NO3/c1-10(2)9-20-13-6-4-12(5-7-13)15-8-14(16(18)19)11(3)17-15/h4-8,10,17H,9H2,1-3H3,(H,18,19). The van der Waals surface area contributed by atoms with Crippen LogP contribution in [-0.4, -0.2) is 22.7 Å². The van der Waals surface area contributed by atoms with Crippen molar-refractivity contribution in [1.82, 2.24) is 4.98 Å². The summed E-state index contributed by atoms with van der Waals surface area (Å²) in [4.78, 5) is 14.1. The first-order chi connectivity index (χ1) is 9.47. The molecule has 0 radical (unpaired) electrons. The number of hydrogen-bond acceptors (Lipinski definition) is 2. The lowest BCUT2D eigenvalue weighted by Gasteiger charge is -2.08. The third-order valence-corrected chi connectivity index (χ3v) is 2.99. The smallest absolute Gasteiger partial charge is 0.337 e. The van der Waals surface area contributed by atoms with Crippen molar-refractivity contribution in [1.29, 1.82) is 0 Å². The molecule has 1 aromatic carbocycles. The van der Waals surface area contributed by atoms with Crippen LogP contribution in [0.15, 0.2) is 30.3 Å². The summed E-state index contributed by atoms with van der Waals surface area (Å²) in [6.07, 6.45) is 0. The summed E-state index contributed by atoms with van der Waals surface area (Å²) in [5.41, 5.74) is 2.71. The van der Waals surface area contributed by atoms with Gasteiger partial charge in [-0.05, 0) is 48.7 Å². The Morgan fingerprint density at radius 1 is 1.30 bits per heavy atom. The highest BCUT2D eigenvalue weighted by molar-refractivity contribution is 5.90. The van der Waals surface area contributed by atoms with Crippen molar-refractivity contribution in [3.05, 3.63) is 41.6 Å². The van der Waals surface area contributed by atoms with Crippen LogP contribution in [0.2, 0.25) is 0 Å². The lowest BCUT2D eigenvalue weighted by Crippen LogP contribution is -2.04. The Labute approximate surface area is 118 Å². The Morgan fingerprint density at radius 2 is 1.95 bits per heavy atom. The number of benzene rings is 1. The number of hydrogen-bond donors (Lipinski definition) is 2. The van der Waals surface area contributed by atoms with Gasteiger partial charge in [-0.2, -0.15) is 0 Å². The van der Waals surface area contributed by atoms with Gasteiger partial charge in [0.25, 0.3) is 0 Å². The van der Waals surface area contributed by atoms with Gasteiger partial charge in [-0.3, -0.25) is 0 Å². The van der Waals surface area contributed by atoms with Crippen molar-refractivity contribution in [2.75, 3.05) is 6.61 Å². The third kappa shape index (κ3) is 3.20. The van der Waals surface area contributed by atoms with Crippen molar-refractivity contribution in [2.45, 2.75) is 20.8 Å². The summed E-state index contributed by atoms with van der Waals surface area (Å²) >= 11 is 0. The molecule has 0 aliphatic carbocycles. The first-order valence-corrected chi connectivity index (χ1v) is 6.63. The maximum absolute atomic E-state index is 11.0. The highest BCUT2D eigenvalue weighted by atomic mass is 16.5. The molecule has 2 N–H and O–H groups in total. The molecule has 0 unspecified atom stereocenters. The molecule has 2 rings (SSSR count). The zero-order chi connectivity index (χ0) is 14.7. The Kier molecular flexibility index (Phi) is 4.13. The fourth-order valence-electron chi connectivity index (χ4n) is 1.93. The van der Waals surface area contributed by atoms with Gasteiger partial charge in [-0.15, -0.1) is 0 Å². The van der Waals surface area contributed by atoms with E-state index < -0.39 is 5.97 Å². The molecule has 106 valence electrons. The van der Waals surface area contributed by atoms with Crippen LogP contribution < -0.4 is 4.74 Å². The Hall–Kier alpha value is -2.23. The fourth-order valence-corrected chi connectivity index (χ4v) is 1.93. The number of carboxylic acids is 1. The van der Waals surface area contributed by atoms with Crippen LogP contribution in [0.3, 0.4) is 0 Å². The number of aromatic carboxylic acids is 1. The molecule has 0 saturated carbocycles. The van der Waals surface area contributed by atoms with Gasteiger partial charge in [0.05, 0.1) is 12.2 Å². The topological polar surface area (TPSA) is 62.3 Å². The second-order valence-electron chi connectivity index (χ2n) is 5.26. The molecule has 1 heterocycles. The monoisotopic (exact) mass is 273 g/mol. The second kappa shape index (κ2) is 5.82. The molecular weight excluding hydrogens is 254 g/mol. The number of H-pyrrole nitrogens is 1. The second-order valence-corrected chi connectivity index (χ2v) is 5.26. The van der Waals surface area contributed by atoms with Gasteiger partial charge in [0, 0.05) is 11.4 Å². The quantitative estimate of drug-likeness (QED) is 0.872. The molecule has 0 aliphatic rings. The number of aromatic amines is 1. The zero-order valence-electron chi connectivity index (χ0n) is 11.9. The predicted octanol–water partition coefficient (Wildman–Crippen LogP) is 3.72. The van der Waals surface area contributed by atoms with Crippen LogP contribution in [-0.2, 0) is 0 Å². The van der Waals surface area contributed by atoms with E-state index in [2.05, 4.69) is 18.8 Å². The molecule has 0 spiro atoms. The molecular formula is C16H19NO3. The van der Waals surface area contributed by atoms with Crippen LogP contribution >= 0.6 is 0 Å². The number of carbonyl (C=O) groups is 1. The summed E-state index contributed by atoms with van der Waals surface area (Å²) in [6, 6.07) is 9.30. The van der Waals surface area contributed by atoms with Crippen LogP contribution in [0.25, 0.3) is 11.3 Å². The van der Waals surface area contributed by atoms with E-state index in [1.54, 1.807) is 13.0 Å². The molecule has 1 aromatic heterocycles. The van der Waals surface area contributed by atoms with E-state index >= 15 is 0 Å². The fraction of sp³-hybridized carbons (Fsp3) is 0.312. The number of ether oxygens (including phenoxy) is 1. The van der Waals surface area contributed by atoms with E-state index in [0.717, 1.165) is 17.0 Å². The molecule has 2 aromatic rings. The maximum atomic E-state index is 11.0. The van der Waals surface area contributed by atoms with Crippen molar-refractivity contribution in [3.63, 3.8) is 0 Å². The molecule has 0 aliphatic heterocycles. The first-order valence-electron chi connectivity index (χ1n) is 6.63. The van der Waals surface area contributed by atoms with E-state index in [4.69, 9.17) is 9.84 Å². The minimum atomic E-state index is -0.915. The molecule has 4 nitrogen and oxygen atoms in total. The number of carboxylic acid groups (broad SMARTS) is 1. The van der Waals surface area contributed by atoms with Crippen LogP contribution in [0.4, 0.5) is 0 Å². The highest BCUT2D eigenvalue weighted by Gasteiger charge is 2.12. The average molecular weight is 273 g/mol. The first kappa shape index (κ1) is 14.2. The molecule has 0 saturated heterocycles. The number of nitrogens with one attached hydrogen (secondary N) is 1. The van der Waals surface area contributed by atoms with Gasteiger partial charge in [-0.1, -0.05) is 13.8 Å². The summed E-state index contributed by atoms with van der Waals surface area (Å²) in [6.45, 7) is 6.64. The summed E-state index contributed by atoms with van der Waals surface area (Å²) < 4.78 is 5.62. The van der Waals surface area contributed by atoms with Crippen molar-refractivity contribution >= 4 is 5.97 Å². The summed E-state index contributed by atoms with van der Waals surface area (Å²) in [5, 5.41) is 9.05. The number of aryl methyl sites for hydroxylation is 1. The third-order valence-electron chi connectivity index (χ3n) is 2.99. The van der Waals surface area contributed by atoms with Gasteiger partial charge in [0.2, 0.25) is 0 Å². The SMILES string of the molecule is Cc1[nH]c(-c2ccc(OCC(C)C)cc2)cc1C(=O)O. The largest absolute Gasteiger partial charge is 0.493 e. The molecule has 0 bridgehead atoms. The number of rotatable bonds is 5. The highest BCUT2D eigenvalue weighted by Crippen LogP contribution is 2.24. The van der Waals surface area contributed by atoms with Crippen molar-refractivity contribution in [3.8, 4) is 17.0 Å². The zero-order valence-corrected chi connectivity index (χ0v) is 11.9. The molecule has 0 fully saturated rings. The van der Waals surface area contributed by atoms with E-state index in [9.17, 15) is 4.79 Å². The van der Waals surface area contributed by atoms with E-state index in [0.29, 0.717) is 23.8 Å². The van der Waals surface area contributed by atoms with E-state index in [1.807, 2.05) is 24.3 Å². The van der Waals surface area contributed by atoms with E-state index in [1.165, 1.54) is 0 Å². The van der Waals surface area contributed by atoms with Crippen LogP contribution in [0, 0.1) is 12.8 Å². The van der Waals surface area contributed by atoms with Crippen LogP contribution in [0.5, 0.6) is 5.75 Å². The van der Waals surface area contributed by atoms with Gasteiger partial charge >= 0.3 is 5.97 Å².